The van der Waals surface area contributed by atoms with Gasteiger partial charge in [0.15, 0.2) is 5.22 Å². The van der Waals surface area contributed by atoms with Crippen molar-refractivity contribution in [3.8, 4) is 0 Å². The molecule has 1 heterocycles. The van der Waals surface area contributed by atoms with Crippen LogP contribution in [0, 0.1) is 0 Å². The molecular weight excluding hydrogens is 241 g/mol. The number of hydrogen-bond donors (Lipinski definition) is 1. The van der Waals surface area contributed by atoms with E-state index in [2.05, 4.69) is 0 Å². The number of nitrogens with two attached hydrogens (primary N) is 1. The summed E-state index contributed by atoms with van der Waals surface area (Å²) >= 11 is 5.56. The normalized spacial score (nSPS) is 11.7. The van der Waals surface area contributed by atoms with E-state index < -0.39 is 6.04 Å². The summed E-state index contributed by atoms with van der Waals surface area (Å²) in [5, 5.41) is 0.263. The monoisotopic (exact) mass is 253 g/mol. The molecule has 15 heavy (non-hydrogen) atoms. The van der Waals surface area contributed by atoms with Gasteiger partial charge in [0.25, 0.3) is 0 Å². The fraction of sp³-hybridized carbons (Fsp3) is 0.444. The van der Waals surface area contributed by atoms with Gasteiger partial charge in [0.2, 0.25) is 0 Å². The van der Waals surface area contributed by atoms with E-state index in [-0.39, 0.29) is 30.0 Å². The zero-order valence-corrected chi connectivity index (χ0v) is 9.81. The van der Waals surface area contributed by atoms with Crippen LogP contribution in [0.5, 0.6) is 0 Å². The second-order valence-electron chi connectivity index (χ2n) is 2.76. The van der Waals surface area contributed by atoms with Crippen molar-refractivity contribution >= 4 is 30.0 Å². The van der Waals surface area contributed by atoms with Gasteiger partial charge in [-0.2, -0.15) is 0 Å². The van der Waals surface area contributed by atoms with Gasteiger partial charge in [0, 0.05) is 0 Å². The molecule has 1 rings (SSSR count). The third kappa shape index (κ3) is 4.55. The fourth-order valence-electron chi connectivity index (χ4n) is 1.03. The van der Waals surface area contributed by atoms with E-state index in [0.29, 0.717) is 12.4 Å². The molecule has 0 saturated carbocycles. The lowest BCUT2D eigenvalue weighted by molar-refractivity contribution is -0.143. The van der Waals surface area contributed by atoms with Crippen LogP contribution in [0.3, 0.4) is 0 Å². The van der Waals surface area contributed by atoms with Gasteiger partial charge in [-0.1, -0.05) is 0 Å². The minimum atomic E-state index is -0.499. The summed E-state index contributed by atoms with van der Waals surface area (Å²) in [5.74, 6) is 0.149. The standard InChI is InChI=1S/C9H12ClNO3.ClH/c1-2-13-9(12)5-6(11)7-3-4-8(10)14-7;/h3-4,6H,2,5,11H2,1H3;1H/t6-;/m1./s1. The van der Waals surface area contributed by atoms with E-state index in [4.69, 9.17) is 26.5 Å². The average molecular weight is 254 g/mol. The summed E-state index contributed by atoms with van der Waals surface area (Å²) in [6.07, 6.45) is 0.0949. The molecule has 1 aromatic heterocycles. The number of carbonyl (C=O) groups excluding carboxylic acids is 1. The Bertz CT molecular complexity index is 314. The van der Waals surface area contributed by atoms with Crippen LogP contribution in [-0.2, 0) is 9.53 Å². The highest BCUT2D eigenvalue weighted by molar-refractivity contribution is 6.28. The van der Waals surface area contributed by atoms with Crippen LogP contribution in [0.4, 0.5) is 0 Å². The predicted molar refractivity (Wildman–Crippen MR) is 59.1 cm³/mol. The van der Waals surface area contributed by atoms with Gasteiger partial charge in [-0.3, -0.25) is 4.79 Å². The Balaban J connectivity index is 0.00000196. The summed E-state index contributed by atoms with van der Waals surface area (Å²) in [5.41, 5.74) is 5.69. The Labute approximate surface area is 99.1 Å². The van der Waals surface area contributed by atoms with Crippen LogP contribution in [0.25, 0.3) is 0 Å². The molecule has 0 aliphatic rings. The molecule has 4 nitrogen and oxygen atoms in total. The van der Waals surface area contributed by atoms with Crippen molar-refractivity contribution in [3.05, 3.63) is 23.1 Å². The van der Waals surface area contributed by atoms with Crippen molar-refractivity contribution in [3.63, 3.8) is 0 Å². The van der Waals surface area contributed by atoms with Crippen LogP contribution in [-0.4, -0.2) is 12.6 Å². The maximum absolute atomic E-state index is 11.1. The zero-order valence-electron chi connectivity index (χ0n) is 8.23. The lowest BCUT2D eigenvalue weighted by Crippen LogP contribution is -2.16. The summed E-state index contributed by atoms with van der Waals surface area (Å²) in [4.78, 5) is 11.1. The summed E-state index contributed by atoms with van der Waals surface area (Å²) in [6.45, 7) is 2.09. The maximum Gasteiger partial charge on any atom is 0.307 e. The summed E-state index contributed by atoms with van der Waals surface area (Å²) < 4.78 is 9.80. The number of rotatable bonds is 4. The molecule has 0 aliphatic heterocycles. The number of hydrogen-bond acceptors (Lipinski definition) is 4. The number of furan rings is 1. The molecule has 6 heteroatoms. The maximum atomic E-state index is 11.1. The van der Waals surface area contributed by atoms with Crippen LogP contribution < -0.4 is 5.73 Å². The van der Waals surface area contributed by atoms with Crippen molar-refractivity contribution in [1.82, 2.24) is 0 Å². The van der Waals surface area contributed by atoms with Crippen LogP contribution in [0.15, 0.2) is 16.5 Å². The van der Waals surface area contributed by atoms with Gasteiger partial charge in [-0.05, 0) is 30.7 Å². The van der Waals surface area contributed by atoms with Gasteiger partial charge in [-0.25, -0.2) is 0 Å². The van der Waals surface area contributed by atoms with E-state index in [9.17, 15) is 4.79 Å². The number of halogens is 2. The molecule has 0 aromatic carbocycles. The first-order valence-corrected chi connectivity index (χ1v) is 4.67. The minimum absolute atomic E-state index is 0. The quantitative estimate of drug-likeness (QED) is 0.837. The molecule has 0 radical (unpaired) electrons. The molecule has 1 atom stereocenters. The molecule has 0 fully saturated rings. The second kappa shape index (κ2) is 6.71. The minimum Gasteiger partial charge on any atom is -0.466 e. The lowest BCUT2D eigenvalue weighted by atomic mass is 10.2. The Morgan fingerprint density at radius 3 is 2.80 bits per heavy atom. The first kappa shape index (κ1) is 14.3. The summed E-state index contributed by atoms with van der Waals surface area (Å²) in [6, 6.07) is 2.73. The molecule has 1 aromatic rings. The Hall–Kier alpha value is -0.710. The average Bonchev–Trinajstić information content (AvgIpc) is 2.52. The highest BCUT2D eigenvalue weighted by Gasteiger charge is 2.15. The van der Waals surface area contributed by atoms with Crippen LogP contribution >= 0.6 is 24.0 Å². The SMILES string of the molecule is CCOC(=O)C[C@@H](N)c1ccc(Cl)o1.Cl. The van der Waals surface area contributed by atoms with Crippen molar-refractivity contribution in [1.29, 1.82) is 0 Å². The molecule has 0 bridgehead atoms. The van der Waals surface area contributed by atoms with Gasteiger partial charge in [-0.15, -0.1) is 12.4 Å². The first-order valence-electron chi connectivity index (χ1n) is 4.30. The molecule has 0 amide bonds. The van der Waals surface area contributed by atoms with E-state index >= 15 is 0 Å². The van der Waals surface area contributed by atoms with Crippen LogP contribution in [0.2, 0.25) is 5.22 Å². The first-order chi connectivity index (χ1) is 6.63. The second-order valence-corrected chi connectivity index (χ2v) is 3.13. The number of carbonyl (C=O) groups is 1. The Morgan fingerprint density at radius 1 is 1.67 bits per heavy atom. The molecule has 86 valence electrons. The highest BCUT2D eigenvalue weighted by Crippen LogP contribution is 2.20. The number of esters is 1. The van der Waals surface area contributed by atoms with Gasteiger partial charge >= 0.3 is 5.97 Å². The molecule has 0 saturated heterocycles. The fourth-order valence-corrected chi connectivity index (χ4v) is 1.18. The van der Waals surface area contributed by atoms with E-state index in [1.807, 2.05) is 0 Å². The predicted octanol–water partition coefficient (Wildman–Crippen LogP) is 2.31. The van der Waals surface area contributed by atoms with Crippen molar-refractivity contribution in [2.24, 2.45) is 5.73 Å². The van der Waals surface area contributed by atoms with Crippen molar-refractivity contribution in [2.45, 2.75) is 19.4 Å². The molecular formula is C9H13Cl2NO3. The Kier molecular flexibility index (Phi) is 6.40. The topological polar surface area (TPSA) is 65.5 Å². The van der Waals surface area contributed by atoms with E-state index in [1.165, 1.54) is 0 Å². The van der Waals surface area contributed by atoms with Crippen molar-refractivity contribution in [2.75, 3.05) is 6.61 Å². The molecule has 0 aliphatic carbocycles. The largest absolute Gasteiger partial charge is 0.466 e. The Morgan fingerprint density at radius 2 is 2.33 bits per heavy atom. The lowest BCUT2D eigenvalue weighted by Gasteiger charge is -2.07. The van der Waals surface area contributed by atoms with E-state index in [0.717, 1.165) is 0 Å². The van der Waals surface area contributed by atoms with E-state index in [1.54, 1.807) is 19.1 Å². The molecule has 0 spiro atoms. The van der Waals surface area contributed by atoms with Gasteiger partial charge < -0.3 is 14.9 Å². The van der Waals surface area contributed by atoms with Crippen LogP contribution in [0.1, 0.15) is 25.1 Å². The van der Waals surface area contributed by atoms with Crippen molar-refractivity contribution < 1.29 is 13.9 Å². The molecule has 2 N–H and O–H groups in total. The molecule has 0 unspecified atom stereocenters. The zero-order chi connectivity index (χ0) is 10.6. The highest BCUT2D eigenvalue weighted by atomic mass is 35.5. The number of ether oxygens (including phenoxy) is 1. The third-order valence-electron chi connectivity index (χ3n) is 1.65. The smallest absolute Gasteiger partial charge is 0.307 e. The van der Waals surface area contributed by atoms with Gasteiger partial charge in [0.05, 0.1) is 19.1 Å². The third-order valence-corrected chi connectivity index (χ3v) is 1.85. The summed E-state index contributed by atoms with van der Waals surface area (Å²) in [7, 11) is 0. The van der Waals surface area contributed by atoms with Gasteiger partial charge in [0.1, 0.15) is 5.76 Å².